The van der Waals surface area contributed by atoms with Crippen molar-refractivity contribution in [3.63, 3.8) is 0 Å². The van der Waals surface area contributed by atoms with Gasteiger partial charge in [0, 0.05) is 19.1 Å². The number of hydrogen-bond acceptors (Lipinski definition) is 3. The lowest BCUT2D eigenvalue weighted by molar-refractivity contribution is -0.0742. The minimum Gasteiger partial charge on any atom is -0.374 e. The van der Waals surface area contributed by atoms with E-state index in [4.69, 9.17) is 4.74 Å². The summed E-state index contributed by atoms with van der Waals surface area (Å²) in [4.78, 5) is 2.70. The molecule has 2 unspecified atom stereocenters. The second-order valence-corrected chi connectivity index (χ2v) is 6.67. The van der Waals surface area contributed by atoms with Crippen LogP contribution in [0.25, 0.3) is 0 Å². The molecule has 2 fully saturated rings. The quantitative estimate of drug-likeness (QED) is 0.922. The van der Waals surface area contributed by atoms with Crippen LogP contribution in [0.15, 0.2) is 12.1 Å². The minimum atomic E-state index is 0.255. The summed E-state index contributed by atoms with van der Waals surface area (Å²) in [7, 11) is 2.02. The van der Waals surface area contributed by atoms with Crippen LogP contribution in [0.4, 0.5) is 0 Å². The highest BCUT2D eigenvalue weighted by Gasteiger charge is 2.41. The molecule has 1 aromatic carbocycles. The standard InChI is InChI=1S/C18H28N2O/c1-12-9-14(3)16(10-13(12)2)18-17(11-19-4)21-8-7-20(18)15-5-6-15/h9-10,15,17-19H,5-8,11H2,1-4H3. The number of nitrogens with one attached hydrogen (secondary N) is 1. The lowest BCUT2D eigenvalue weighted by Crippen LogP contribution is -2.49. The molecule has 1 aromatic rings. The van der Waals surface area contributed by atoms with E-state index >= 15 is 0 Å². The summed E-state index contributed by atoms with van der Waals surface area (Å²) in [5.74, 6) is 0. The number of likely N-dealkylation sites (N-methyl/N-ethyl adjacent to an activating group) is 1. The van der Waals surface area contributed by atoms with E-state index in [0.29, 0.717) is 6.04 Å². The van der Waals surface area contributed by atoms with Crippen LogP contribution >= 0.6 is 0 Å². The molecular weight excluding hydrogens is 260 g/mol. The number of nitrogens with zero attached hydrogens (tertiary/aromatic N) is 1. The summed E-state index contributed by atoms with van der Waals surface area (Å²) in [5.41, 5.74) is 5.64. The van der Waals surface area contributed by atoms with Crippen molar-refractivity contribution in [3.8, 4) is 0 Å². The molecule has 0 amide bonds. The molecule has 1 saturated carbocycles. The van der Waals surface area contributed by atoms with Crippen molar-refractivity contribution in [3.05, 3.63) is 34.4 Å². The van der Waals surface area contributed by atoms with Crippen molar-refractivity contribution in [2.75, 3.05) is 26.7 Å². The zero-order valence-electron chi connectivity index (χ0n) is 13.8. The van der Waals surface area contributed by atoms with E-state index in [2.05, 4.69) is 43.1 Å². The first-order valence-electron chi connectivity index (χ1n) is 8.21. The van der Waals surface area contributed by atoms with Crippen molar-refractivity contribution in [2.45, 2.75) is 51.8 Å². The molecule has 2 atom stereocenters. The molecule has 0 bridgehead atoms. The second-order valence-electron chi connectivity index (χ2n) is 6.67. The summed E-state index contributed by atoms with van der Waals surface area (Å²) < 4.78 is 6.11. The van der Waals surface area contributed by atoms with Gasteiger partial charge in [-0.05, 0) is 62.9 Å². The van der Waals surface area contributed by atoms with Crippen LogP contribution in [-0.2, 0) is 4.74 Å². The largest absolute Gasteiger partial charge is 0.374 e. The summed E-state index contributed by atoms with van der Waals surface area (Å²) in [6.45, 7) is 9.52. The van der Waals surface area contributed by atoms with Crippen LogP contribution < -0.4 is 5.32 Å². The number of ether oxygens (including phenoxy) is 1. The van der Waals surface area contributed by atoms with Gasteiger partial charge in [0.2, 0.25) is 0 Å². The van der Waals surface area contributed by atoms with Gasteiger partial charge in [0.1, 0.15) is 0 Å². The van der Waals surface area contributed by atoms with Gasteiger partial charge in [0.15, 0.2) is 0 Å². The van der Waals surface area contributed by atoms with Gasteiger partial charge in [-0.1, -0.05) is 12.1 Å². The van der Waals surface area contributed by atoms with E-state index in [0.717, 1.165) is 25.7 Å². The molecule has 0 spiro atoms. The van der Waals surface area contributed by atoms with Gasteiger partial charge in [0.25, 0.3) is 0 Å². The molecule has 1 aliphatic carbocycles. The van der Waals surface area contributed by atoms with Crippen molar-refractivity contribution < 1.29 is 4.74 Å². The minimum absolute atomic E-state index is 0.255. The van der Waals surface area contributed by atoms with Crippen molar-refractivity contribution >= 4 is 0 Å². The lowest BCUT2D eigenvalue weighted by atomic mass is 9.90. The predicted octanol–water partition coefficient (Wildman–Crippen LogP) is 2.74. The zero-order valence-corrected chi connectivity index (χ0v) is 13.8. The van der Waals surface area contributed by atoms with Gasteiger partial charge in [-0.15, -0.1) is 0 Å². The van der Waals surface area contributed by atoms with E-state index in [1.54, 1.807) is 0 Å². The normalized spacial score (nSPS) is 27.0. The number of benzene rings is 1. The van der Waals surface area contributed by atoms with E-state index in [1.807, 2.05) is 7.05 Å². The Morgan fingerprint density at radius 3 is 2.52 bits per heavy atom. The zero-order chi connectivity index (χ0) is 15.0. The Morgan fingerprint density at radius 2 is 1.86 bits per heavy atom. The highest BCUT2D eigenvalue weighted by molar-refractivity contribution is 5.39. The molecule has 0 radical (unpaired) electrons. The first-order valence-corrected chi connectivity index (χ1v) is 8.21. The predicted molar refractivity (Wildman–Crippen MR) is 86.8 cm³/mol. The third-order valence-corrected chi connectivity index (χ3v) is 5.01. The number of rotatable bonds is 4. The van der Waals surface area contributed by atoms with Crippen LogP contribution in [0, 0.1) is 20.8 Å². The molecule has 0 aromatic heterocycles. The Balaban J connectivity index is 1.98. The lowest BCUT2D eigenvalue weighted by Gasteiger charge is -2.42. The second kappa shape index (κ2) is 6.07. The van der Waals surface area contributed by atoms with Crippen LogP contribution in [0.2, 0.25) is 0 Å². The number of hydrogen-bond donors (Lipinski definition) is 1. The maximum absolute atomic E-state index is 6.11. The highest BCUT2D eigenvalue weighted by atomic mass is 16.5. The molecule has 3 rings (SSSR count). The van der Waals surface area contributed by atoms with E-state index in [9.17, 15) is 0 Å². The topological polar surface area (TPSA) is 24.5 Å². The summed E-state index contributed by atoms with van der Waals surface area (Å²) in [6, 6.07) is 5.90. The maximum Gasteiger partial charge on any atom is 0.0896 e. The Bertz CT molecular complexity index is 508. The molecule has 3 heteroatoms. The first kappa shape index (κ1) is 15.0. The van der Waals surface area contributed by atoms with Crippen LogP contribution in [0.3, 0.4) is 0 Å². The molecule has 1 heterocycles. The average molecular weight is 288 g/mol. The van der Waals surface area contributed by atoms with Crippen LogP contribution in [0.1, 0.15) is 41.1 Å². The summed E-state index contributed by atoms with van der Waals surface area (Å²) >= 11 is 0. The third kappa shape index (κ3) is 3.01. The fourth-order valence-electron chi connectivity index (χ4n) is 3.62. The first-order chi connectivity index (χ1) is 10.1. The number of aryl methyl sites for hydroxylation is 3. The van der Waals surface area contributed by atoms with Crippen LogP contribution in [-0.4, -0.2) is 43.8 Å². The van der Waals surface area contributed by atoms with Gasteiger partial charge < -0.3 is 10.1 Å². The Morgan fingerprint density at radius 1 is 1.14 bits per heavy atom. The monoisotopic (exact) mass is 288 g/mol. The van der Waals surface area contributed by atoms with Gasteiger partial charge in [0.05, 0.1) is 18.8 Å². The SMILES string of the molecule is CNCC1OCCN(C2CC2)C1c1cc(C)c(C)cc1C. The Kier molecular flexibility index (Phi) is 4.34. The Labute approximate surface area is 128 Å². The molecule has 1 saturated heterocycles. The van der Waals surface area contributed by atoms with E-state index in [-0.39, 0.29) is 6.10 Å². The fraction of sp³-hybridized carbons (Fsp3) is 0.667. The van der Waals surface area contributed by atoms with E-state index < -0.39 is 0 Å². The van der Waals surface area contributed by atoms with Crippen molar-refractivity contribution in [1.29, 1.82) is 0 Å². The molecule has 116 valence electrons. The van der Waals surface area contributed by atoms with Gasteiger partial charge >= 0.3 is 0 Å². The van der Waals surface area contributed by atoms with Gasteiger partial charge in [-0.25, -0.2) is 0 Å². The summed E-state index contributed by atoms with van der Waals surface area (Å²) in [5, 5.41) is 3.31. The molecule has 2 aliphatic rings. The molecule has 21 heavy (non-hydrogen) atoms. The Hall–Kier alpha value is -0.900. The van der Waals surface area contributed by atoms with Crippen molar-refractivity contribution in [2.24, 2.45) is 0 Å². The van der Waals surface area contributed by atoms with E-state index in [1.165, 1.54) is 35.1 Å². The van der Waals surface area contributed by atoms with Crippen molar-refractivity contribution in [1.82, 2.24) is 10.2 Å². The van der Waals surface area contributed by atoms with Crippen LogP contribution in [0.5, 0.6) is 0 Å². The molecular formula is C18H28N2O. The molecule has 3 nitrogen and oxygen atoms in total. The molecule has 1 N–H and O–H groups in total. The summed E-state index contributed by atoms with van der Waals surface area (Å²) in [6.07, 6.45) is 2.96. The third-order valence-electron chi connectivity index (χ3n) is 5.01. The fourth-order valence-corrected chi connectivity index (χ4v) is 3.62. The maximum atomic E-state index is 6.11. The average Bonchev–Trinajstić information content (AvgIpc) is 3.28. The smallest absolute Gasteiger partial charge is 0.0896 e. The van der Waals surface area contributed by atoms with Gasteiger partial charge in [-0.2, -0.15) is 0 Å². The van der Waals surface area contributed by atoms with Gasteiger partial charge in [-0.3, -0.25) is 4.90 Å². The molecule has 1 aliphatic heterocycles. The highest BCUT2D eigenvalue weighted by Crippen LogP contribution is 2.40. The number of morpholine rings is 1.